The number of thiocarbonyl (C=S) groups is 1. The van der Waals surface area contributed by atoms with Crippen molar-refractivity contribution < 1.29 is 0 Å². The van der Waals surface area contributed by atoms with Crippen LogP contribution in [-0.2, 0) is 5.75 Å². The molecule has 0 atom stereocenters. The molecule has 0 spiro atoms. The number of halogens is 2. The Labute approximate surface area is 150 Å². The number of rotatable bonds is 6. The highest BCUT2D eigenvalue weighted by Crippen LogP contribution is 2.16. The van der Waals surface area contributed by atoms with E-state index in [4.69, 9.17) is 35.4 Å². The second kappa shape index (κ2) is 9.26. The molecule has 116 valence electrons. The molecule has 2 N–H and O–H groups in total. The van der Waals surface area contributed by atoms with Crippen LogP contribution in [0.15, 0.2) is 48.5 Å². The molecule has 0 fully saturated rings. The second-order valence-electron chi connectivity index (χ2n) is 4.57. The molecule has 0 heterocycles. The Morgan fingerprint density at radius 2 is 1.82 bits per heavy atom. The van der Waals surface area contributed by atoms with E-state index in [1.807, 2.05) is 60.3 Å². The molecule has 0 saturated carbocycles. The molecule has 2 rings (SSSR count). The van der Waals surface area contributed by atoms with Crippen molar-refractivity contribution in [3.63, 3.8) is 0 Å². The predicted octanol–water partition coefficient (Wildman–Crippen LogP) is 5.21. The molecule has 0 aliphatic carbocycles. The van der Waals surface area contributed by atoms with Gasteiger partial charge in [-0.05, 0) is 48.1 Å². The number of nitrogens with one attached hydrogen (secondary N) is 2. The van der Waals surface area contributed by atoms with Crippen LogP contribution in [0.4, 0.5) is 5.69 Å². The number of thioether (sulfide) groups is 1. The lowest BCUT2D eigenvalue weighted by molar-refractivity contribution is 0.990. The molecule has 22 heavy (non-hydrogen) atoms. The van der Waals surface area contributed by atoms with E-state index in [0.29, 0.717) is 10.1 Å². The summed E-state index contributed by atoms with van der Waals surface area (Å²) in [5, 5.41) is 8.35. The Hall–Kier alpha value is -0.940. The molecule has 0 unspecified atom stereocenters. The number of benzene rings is 2. The van der Waals surface area contributed by atoms with Gasteiger partial charge in [-0.15, -0.1) is 0 Å². The van der Waals surface area contributed by atoms with E-state index in [2.05, 4.69) is 10.6 Å². The summed E-state index contributed by atoms with van der Waals surface area (Å²) in [5.41, 5.74) is 2.16. The summed E-state index contributed by atoms with van der Waals surface area (Å²) in [4.78, 5) is 0. The number of anilines is 1. The molecule has 6 heteroatoms. The highest BCUT2D eigenvalue weighted by atomic mass is 35.5. The highest BCUT2D eigenvalue weighted by molar-refractivity contribution is 7.98. The van der Waals surface area contributed by atoms with Crippen molar-refractivity contribution in [2.75, 3.05) is 17.6 Å². The van der Waals surface area contributed by atoms with Crippen LogP contribution >= 0.6 is 47.2 Å². The predicted molar refractivity (Wildman–Crippen MR) is 103 cm³/mol. The third kappa shape index (κ3) is 6.44. The summed E-state index contributed by atoms with van der Waals surface area (Å²) in [6, 6.07) is 15.4. The van der Waals surface area contributed by atoms with Crippen molar-refractivity contribution in [3.8, 4) is 0 Å². The van der Waals surface area contributed by atoms with E-state index < -0.39 is 0 Å². The average molecular weight is 371 g/mol. The lowest BCUT2D eigenvalue weighted by Crippen LogP contribution is -2.30. The quantitative estimate of drug-likeness (QED) is 0.538. The minimum atomic E-state index is 0.606. The summed E-state index contributed by atoms with van der Waals surface area (Å²) in [6.45, 7) is 0.810. The SMILES string of the molecule is S=C(NCCSCc1ccc(Cl)cc1)Nc1cccc(Cl)c1. The first-order valence-corrected chi connectivity index (χ1v) is 9.08. The maximum atomic E-state index is 5.93. The fourth-order valence-corrected chi connectivity index (χ4v) is 3.10. The number of hydrogen-bond donors (Lipinski definition) is 2. The van der Waals surface area contributed by atoms with E-state index in [-0.39, 0.29) is 0 Å². The molecular weight excluding hydrogens is 355 g/mol. The monoisotopic (exact) mass is 370 g/mol. The van der Waals surface area contributed by atoms with Gasteiger partial charge in [0.2, 0.25) is 0 Å². The average Bonchev–Trinajstić information content (AvgIpc) is 2.49. The van der Waals surface area contributed by atoms with Gasteiger partial charge in [0, 0.05) is 33.8 Å². The molecule has 0 aliphatic heterocycles. The van der Waals surface area contributed by atoms with Crippen LogP contribution in [-0.4, -0.2) is 17.4 Å². The van der Waals surface area contributed by atoms with Gasteiger partial charge in [0.25, 0.3) is 0 Å². The molecule has 2 nitrogen and oxygen atoms in total. The van der Waals surface area contributed by atoms with E-state index in [1.165, 1.54) is 5.56 Å². The van der Waals surface area contributed by atoms with Crippen molar-refractivity contribution in [1.82, 2.24) is 5.32 Å². The van der Waals surface area contributed by atoms with E-state index >= 15 is 0 Å². The van der Waals surface area contributed by atoms with Gasteiger partial charge in [-0.25, -0.2) is 0 Å². The van der Waals surface area contributed by atoms with Crippen LogP contribution in [0.25, 0.3) is 0 Å². The first-order chi connectivity index (χ1) is 10.6. The van der Waals surface area contributed by atoms with Crippen LogP contribution in [0.3, 0.4) is 0 Å². The minimum absolute atomic E-state index is 0.606. The van der Waals surface area contributed by atoms with Gasteiger partial charge in [-0.2, -0.15) is 11.8 Å². The van der Waals surface area contributed by atoms with Crippen LogP contribution in [0.1, 0.15) is 5.56 Å². The molecule has 0 aromatic heterocycles. The Balaban J connectivity index is 1.62. The summed E-state index contributed by atoms with van der Waals surface area (Å²) in [7, 11) is 0. The minimum Gasteiger partial charge on any atom is -0.362 e. The van der Waals surface area contributed by atoms with Crippen molar-refractivity contribution in [2.24, 2.45) is 0 Å². The van der Waals surface area contributed by atoms with Crippen LogP contribution in [0.2, 0.25) is 10.0 Å². The lowest BCUT2D eigenvalue weighted by atomic mass is 10.2. The summed E-state index contributed by atoms with van der Waals surface area (Å²) in [6.07, 6.45) is 0. The molecule has 2 aromatic carbocycles. The molecule has 0 saturated heterocycles. The molecular formula is C16H16Cl2N2S2. The Bertz CT molecular complexity index is 618. The zero-order chi connectivity index (χ0) is 15.8. The molecule has 0 radical (unpaired) electrons. The Morgan fingerprint density at radius 1 is 1.05 bits per heavy atom. The van der Waals surface area contributed by atoms with Crippen LogP contribution in [0, 0.1) is 0 Å². The molecule has 0 bridgehead atoms. The zero-order valence-electron chi connectivity index (χ0n) is 11.8. The largest absolute Gasteiger partial charge is 0.362 e. The van der Waals surface area contributed by atoms with Gasteiger partial charge in [0.1, 0.15) is 0 Å². The first-order valence-electron chi connectivity index (χ1n) is 6.76. The number of hydrogen-bond acceptors (Lipinski definition) is 2. The van der Waals surface area contributed by atoms with Crippen LogP contribution < -0.4 is 10.6 Å². The van der Waals surface area contributed by atoms with Gasteiger partial charge >= 0.3 is 0 Å². The van der Waals surface area contributed by atoms with Gasteiger partial charge in [0.15, 0.2) is 5.11 Å². The molecule has 0 aliphatic rings. The van der Waals surface area contributed by atoms with Crippen molar-refractivity contribution in [1.29, 1.82) is 0 Å². The van der Waals surface area contributed by atoms with Gasteiger partial charge in [0.05, 0.1) is 0 Å². The third-order valence-corrected chi connectivity index (χ3v) is 4.56. The smallest absolute Gasteiger partial charge is 0.170 e. The van der Waals surface area contributed by atoms with Crippen LogP contribution in [0.5, 0.6) is 0 Å². The van der Waals surface area contributed by atoms with E-state index in [9.17, 15) is 0 Å². The second-order valence-corrected chi connectivity index (χ2v) is 6.96. The topological polar surface area (TPSA) is 24.1 Å². The Morgan fingerprint density at radius 3 is 2.55 bits per heavy atom. The standard InChI is InChI=1S/C16H16Cl2N2S2/c17-13-6-4-12(5-7-13)11-22-9-8-19-16(21)20-15-3-1-2-14(18)10-15/h1-7,10H,8-9,11H2,(H2,19,20,21). The first kappa shape index (κ1) is 17.4. The van der Waals surface area contributed by atoms with E-state index in [1.54, 1.807) is 0 Å². The maximum Gasteiger partial charge on any atom is 0.170 e. The van der Waals surface area contributed by atoms with E-state index in [0.717, 1.165) is 28.8 Å². The fourth-order valence-electron chi connectivity index (χ4n) is 1.75. The zero-order valence-corrected chi connectivity index (χ0v) is 15.0. The Kier molecular flexibility index (Phi) is 7.33. The van der Waals surface area contributed by atoms with Gasteiger partial charge in [-0.1, -0.05) is 41.4 Å². The van der Waals surface area contributed by atoms with Crippen molar-refractivity contribution in [3.05, 3.63) is 64.1 Å². The summed E-state index contributed by atoms with van der Waals surface area (Å²) in [5.74, 6) is 1.94. The normalized spacial score (nSPS) is 10.3. The van der Waals surface area contributed by atoms with Crippen molar-refractivity contribution >= 4 is 58.0 Å². The summed E-state index contributed by atoms with van der Waals surface area (Å²) < 4.78 is 0. The maximum absolute atomic E-state index is 5.93. The lowest BCUT2D eigenvalue weighted by Gasteiger charge is -2.10. The van der Waals surface area contributed by atoms with Gasteiger partial charge < -0.3 is 10.6 Å². The fraction of sp³-hybridized carbons (Fsp3) is 0.188. The van der Waals surface area contributed by atoms with Crippen molar-refractivity contribution in [2.45, 2.75) is 5.75 Å². The van der Waals surface area contributed by atoms with Gasteiger partial charge in [-0.3, -0.25) is 0 Å². The highest BCUT2D eigenvalue weighted by Gasteiger charge is 1.99. The molecule has 0 amide bonds. The summed E-state index contributed by atoms with van der Waals surface area (Å²) >= 11 is 18.9. The molecule has 2 aromatic rings. The third-order valence-electron chi connectivity index (χ3n) is 2.80.